The Kier molecular flexibility index (Phi) is 8.31. The number of benzene rings is 1. The molecule has 0 heterocycles. The number of methoxy groups -OCH3 is 1. The Bertz CT molecular complexity index is 351. The van der Waals surface area contributed by atoms with Crippen LogP contribution in [-0.4, -0.2) is 26.4 Å². The Morgan fingerprint density at radius 3 is 2.35 bits per heavy atom. The van der Waals surface area contributed by atoms with Gasteiger partial charge >= 0.3 is 0 Å². The molecule has 0 aliphatic rings. The summed E-state index contributed by atoms with van der Waals surface area (Å²) in [4.78, 5) is 0. The molecule has 20 heavy (non-hydrogen) atoms. The van der Waals surface area contributed by atoms with Crippen molar-refractivity contribution in [1.29, 1.82) is 0 Å². The van der Waals surface area contributed by atoms with Crippen molar-refractivity contribution in [3.63, 3.8) is 0 Å². The Hall–Kier alpha value is -1.06. The molecule has 3 heteroatoms. The molecule has 0 bridgehead atoms. The van der Waals surface area contributed by atoms with Gasteiger partial charge in [0, 0.05) is 13.2 Å². The average Bonchev–Trinajstić information content (AvgIpc) is 2.48. The number of ether oxygens (including phenoxy) is 2. The molecule has 0 radical (unpaired) electrons. The van der Waals surface area contributed by atoms with Crippen LogP contribution < -0.4 is 10.1 Å². The van der Waals surface area contributed by atoms with E-state index >= 15 is 0 Å². The van der Waals surface area contributed by atoms with Crippen LogP contribution in [0, 0.1) is 0 Å². The van der Waals surface area contributed by atoms with Gasteiger partial charge in [-0.15, -0.1) is 0 Å². The fourth-order valence-corrected chi connectivity index (χ4v) is 2.19. The second kappa shape index (κ2) is 9.78. The highest BCUT2D eigenvalue weighted by molar-refractivity contribution is 5.29. The zero-order chi connectivity index (χ0) is 14.8. The van der Waals surface area contributed by atoms with Crippen molar-refractivity contribution in [3.8, 4) is 5.75 Å². The van der Waals surface area contributed by atoms with Crippen molar-refractivity contribution in [2.24, 2.45) is 0 Å². The third-order valence-corrected chi connectivity index (χ3v) is 3.50. The molecular weight excluding hydrogens is 250 g/mol. The van der Waals surface area contributed by atoms with Gasteiger partial charge in [0.15, 0.2) is 0 Å². The van der Waals surface area contributed by atoms with Crippen LogP contribution in [0.5, 0.6) is 5.75 Å². The molecule has 0 saturated heterocycles. The lowest BCUT2D eigenvalue weighted by Gasteiger charge is -2.21. The molecular formula is C17H29NO2. The molecule has 2 atom stereocenters. The van der Waals surface area contributed by atoms with E-state index in [1.54, 1.807) is 7.11 Å². The predicted molar refractivity (Wildman–Crippen MR) is 84.4 cm³/mol. The van der Waals surface area contributed by atoms with Crippen LogP contribution in [0.4, 0.5) is 0 Å². The predicted octanol–water partition coefficient (Wildman–Crippen LogP) is 3.94. The van der Waals surface area contributed by atoms with Crippen molar-refractivity contribution in [3.05, 3.63) is 29.8 Å². The molecule has 0 saturated carbocycles. The SMILES string of the molecule is CCCNC(CCC(C)OC)c1ccc(OCC)cc1. The summed E-state index contributed by atoms with van der Waals surface area (Å²) in [6, 6.07) is 8.83. The number of hydrogen-bond acceptors (Lipinski definition) is 3. The summed E-state index contributed by atoms with van der Waals surface area (Å²) in [5, 5.41) is 3.62. The molecule has 3 nitrogen and oxygen atoms in total. The number of rotatable bonds is 10. The van der Waals surface area contributed by atoms with Gasteiger partial charge in [-0.2, -0.15) is 0 Å². The van der Waals surface area contributed by atoms with Crippen molar-refractivity contribution in [2.75, 3.05) is 20.3 Å². The van der Waals surface area contributed by atoms with E-state index in [4.69, 9.17) is 9.47 Å². The zero-order valence-corrected chi connectivity index (χ0v) is 13.3. The summed E-state index contributed by atoms with van der Waals surface area (Å²) in [6.45, 7) is 8.07. The summed E-state index contributed by atoms with van der Waals surface area (Å²) in [5.41, 5.74) is 1.32. The lowest BCUT2D eigenvalue weighted by Crippen LogP contribution is -2.23. The Labute approximate surface area is 123 Å². The van der Waals surface area contributed by atoms with Gasteiger partial charge < -0.3 is 14.8 Å². The van der Waals surface area contributed by atoms with Crippen LogP contribution in [-0.2, 0) is 4.74 Å². The topological polar surface area (TPSA) is 30.5 Å². The maximum Gasteiger partial charge on any atom is 0.119 e. The largest absolute Gasteiger partial charge is 0.494 e. The lowest BCUT2D eigenvalue weighted by atomic mass is 10.00. The summed E-state index contributed by atoms with van der Waals surface area (Å²) in [7, 11) is 1.77. The minimum atomic E-state index is 0.309. The lowest BCUT2D eigenvalue weighted by molar-refractivity contribution is 0.106. The fourth-order valence-electron chi connectivity index (χ4n) is 2.19. The Morgan fingerprint density at radius 2 is 1.80 bits per heavy atom. The van der Waals surface area contributed by atoms with E-state index in [0.29, 0.717) is 18.8 Å². The molecule has 1 aromatic carbocycles. The summed E-state index contributed by atoms with van der Waals surface area (Å²) in [5.74, 6) is 0.941. The maximum absolute atomic E-state index is 5.50. The zero-order valence-electron chi connectivity index (χ0n) is 13.3. The third kappa shape index (κ3) is 5.93. The van der Waals surface area contributed by atoms with Gasteiger partial charge in [-0.05, 0) is 57.4 Å². The highest BCUT2D eigenvalue weighted by Gasteiger charge is 2.12. The smallest absolute Gasteiger partial charge is 0.119 e. The van der Waals surface area contributed by atoms with E-state index < -0.39 is 0 Å². The highest BCUT2D eigenvalue weighted by atomic mass is 16.5. The van der Waals surface area contributed by atoms with Gasteiger partial charge in [-0.25, -0.2) is 0 Å². The van der Waals surface area contributed by atoms with Gasteiger partial charge in [0.05, 0.1) is 12.7 Å². The van der Waals surface area contributed by atoms with Crippen LogP contribution in [0.15, 0.2) is 24.3 Å². The standard InChI is InChI=1S/C17H29NO2/c1-5-13-18-17(12-7-14(3)19-4)15-8-10-16(11-9-15)20-6-2/h8-11,14,17-18H,5-7,12-13H2,1-4H3. The quantitative estimate of drug-likeness (QED) is 0.703. The van der Waals surface area contributed by atoms with Crippen molar-refractivity contribution >= 4 is 0 Å². The molecule has 0 spiro atoms. The normalized spacial score (nSPS) is 14.0. The first-order valence-electron chi connectivity index (χ1n) is 7.70. The molecule has 0 aromatic heterocycles. The molecule has 0 fully saturated rings. The average molecular weight is 279 g/mol. The first-order valence-corrected chi connectivity index (χ1v) is 7.70. The fraction of sp³-hybridized carbons (Fsp3) is 0.647. The van der Waals surface area contributed by atoms with Crippen LogP contribution in [0.1, 0.15) is 51.6 Å². The third-order valence-electron chi connectivity index (χ3n) is 3.50. The van der Waals surface area contributed by atoms with Crippen LogP contribution in [0.25, 0.3) is 0 Å². The number of nitrogens with one attached hydrogen (secondary N) is 1. The van der Waals surface area contributed by atoms with Gasteiger partial charge in [-0.1, -0.05) is 19.1 Å². The van der Waals surface area contributed by atoms with Crippen molar-refractivity contribution in [1.82, 2.24) is 5.32 Å². The Morgan fingerprint density at radius 1 is 1.10 bits per heavy atom. The molecule has 1 N–H and O–H groups in total. The first kappa shape index (κ1) is 17.0. The van der Waals surface area contributed by atoms with E-state index in [2.05, 4.69) is 43.4 Å². The van der Waals surface area contributed by atoms with Crippen molar-refractivity contribution in [2.45, 2.75) is 52.2 Å². The second-order valence-corrected chi connectivity index (χ2v) is 5.13. The van der Waals surface area contributed by atoms with E-state index in [-0.39, 0.29) is 0 Å². The molecule has 0 aliphatic heterocycles. The van der Waals surface area contributed by atoms with E-state index in [0.717, 1.165) is 31.6 Å². The van der Waals surface area contributed by atoms with Gasteiger partial charge in [0.1, 0.15) is 5.75 Å². The second-order valence-electron chi connectivity index (χ2n) is 5.13. The Balaban J connectivity index is 2.65. The van der Waals surface area contributed by atoms with Crippen molar-refractivity contribution < 1.29 is 9.47 Å². The van der Waals surface area contributed by atoms with Gasteiger partial charge in [-0.3, -0.25) is 0 Å². The van der Waals surface area contributed by atoms with Crippen LogP contribution >= 0.6 is 0 Å². The monoisotopic (exact) mass is 279 g/mol. The number of hydrogen-bond donors (Lipinski definition) is 1. The minimum Gasteiger partial charge on any atom is -0.494 e. The van der Waals surface area contributed by atoms with Gasteiger partial charge in [0.2, 0.25) is 0 Å². The van der Waals surface area contributed by atoms with E-state index in [1.807, 2.05) is 6.92 Å². The molecule has 114 valence electrons. The van der Waals surface area contributed by atoms with E-state index in [1.165, 1.54) is 5.56 Å². The highest BCUT2D eigenvalue weighted by Crippen LogP contribution is 2.22. The van der Waals surface area contributed by atoms with Crippen LogP contribution in [0.3, 0.4) is 0 Å². The summed E-state index contributed by atoms with van der Waals surface area (Å²) < 4.78 is 10.8. The molecule has 1 aromatic rings. The van der Waals surface area contributed by atoms with Crippen LogP contribution in [0.2, 0.25) is 0 Å². The summed E-state index contributed by atoms with van der Waals surface area (Å²) >= 11 is 0. The van der Waals surface area contributed by atoms with Gasteiger partial charge in [0.25, 0.3) is 0 Å². The maximum atomic E-state index is 5.50. The molecule has 2 unspecified atom stereocenters. The molecule has 0 aliphatic carbocycles. The van der Waals surface area contributed by atoms with E-state index in [9.17, 15) is 0 Å². The first-order chi connectivity index (χ1) is 9.71. The summed E-state index contributed by atoms with van der Waals surface area (Å²) in [6.07, 6.45) is 3.60. The molecule has 1 rings (SSSR count). The molecule has 0 amide bonds. The minimum absolute atomic E-state index is 0.309.